The van der Waals surface area contributed by atoms with Gasteiger partial charge in [-0.05, 0) is 68.2 Å². The van der Waals surface area contributed by atoms with Crippen molar-refractivity contribution in [2.45, 2.75) is 103 Å². The molecule has 2 heterocycles. The van der Waals surface area contributed by atoms with Crippen molar-refractivity contribution in [3.63, 3.8) is 0 Å². The lowest BCUT2D eigenvalue weighted by Crippen LogP contribution is -2.72. The number of amides is 3. The first kappa shape index (κ1) is 36.1. The quantitative estimate of drug-likeness (QED) is 0.196. The van der Waals surface area contributed by atoms with Gasteiger partial charge in [0.1, 0.15) is 18.2 Å². The normalized spacial score (nSPS) is 17.8. The molecular weight excluding hydrogens is 596 g/mol. The summed E-state index contributed by atoms with van der Waals surface area (Å²) in [5.41, 5.74) is 1.25. The summed E-state index contributed by atoms with van der Waals surface area (Å²) in [4.78, 5) is 43.6. The molecule has 2 aliphatic rings. The van der Waals surface area contributed by atoms with Gasteiger partial charge < -0.3 is 29.7 Å². The smallest absolute Gasteiger partial charge is 0.407 e. The van der Waals surface area contributed by atoms with Gasteiger partial charge in [0.2, 0.25) is 11.8 Å². The molecule has 10 nitrogen and oxygen atoms in total. The first-order valence-electron chi connectivity index (χ1n) is 17.5. The van der Waals surface area contributed by atoms with Crippen molar-refractivity contribution >= 4 is 17.9 Å². The second kappa shape index (κ2) is 18.5. The molecule has 2 saturated heterocycles. The van der Waals surface area contributed by atoms with Crippen LogP contribution < -0.4 is 20.1 Å². The molecule has 1 atom stereocenters. The van der Waals surface area contributed by atoms with E-state index in [2.05, 4.69) is 28.5 Å². The molecule has 0 aliphatic carbocycles. The predicted molar refractivity (Wildman–Crippen MR) is 182 cm³/mol. The van der Waals surface area contributed by atoms with Crippen molar-refractivity contribution in [2.75, 3.05) is 39.9 Å². The van der Waals surface area contributed by atoms with E-state index in [1.807, 2.05) is 54.3 Å². The molecule has 2 N–H and O–H groups in total. The van der Waals surface area contributed by atoms with E-state index in [1.165, 1.54) is 19.3 Å². The zero-order valence-electron chi connectivity index (χ0n) is 28.6. The minimum atomic E-state index is -0.808. The minimum absolute atomic E-state index is 0.00477. The molecule has 2 aromatic rings. The number of unbranched alkanes of at least 4 members (excludes halogenated alkanes) is 4. The van der Waals surface area contributed by atoms with E-state index in [4.69, 9.17) is 14.2 Å². The Morgan fingerprint density at radius 2 is 1.72 bits per heavy atom. The van der Waals surface area contributed by atoms with Gasteiger partial charge in [0.25, 0.3) is 0 Å². The first-order chi connectivity index (χ1) is 22.9. The van der Waals surface area contributed by atoms with E-state index >= 15 is 0 Å². The number of likely N-dealkylation sites (tertiary alicyclic amines) is 1. The fourth-order valence-corrected chi connectivity index (χ4v) is 6.53. The maximum absolute atomic E-state index is 13.7. The lowest BCUT2D eigenvalue weighted by molar-refractivity contribution is -0.161. The van der Waals surface area contributed by atoms with E-state index in [9.17, 15) is 14.4 Å². The molecule has 47 heavy (non-hydrogen) atoms. The maximum atomic E-state index is 13.7. The highest BCUT2D eigenvalue weighted by Crippen LogP contribution is 2.35. The van der Waals surface area contributed by atoms with E-state index in [0.29, 0.717) is 51.8 Å². The summed E-state index contributed by atoms with van der Waals surface area (Å²) in [6.45, 7) is 8.34. The van der Waals surface area contributed by atoms with Crippen molar-refractivity contribution in [1.29, 1.82) is 0 Å². The zero-order valence-corrected chi connectivity index (χ0v) is 28.6. The summed E-state index contributed by atoms with van der Waals surface area (Å²) in [6, 6.07) is 15.1. The van der Waals surface area contributed by atoms with E-state index < -0.39 is 17.7 Å². The Balaban J connectivity index is 1.23. The minimum Gasteiger partial charge on any atom is -0.493 e. The molecule has 4 rings (SSSR count). The highest BCUT2D eigenvalue weighted by molar-refractivity contribution is 6.00. The molecule has 1 spiro atoms. The lowest BCUT2D eigenvalue weighted by atomic mass is 9.81. The molecule has 3 amide bonds. The number of ether oxygens (including phenoxy) is 3. The molecule has 2 aromatic carbocycles. The summed E-state index contributed by atoms with van der Waals surface area (Å²) in [5.74, 6) is 1.47. The number of nitrogens with one attached hydrogen (secondary N) is 2. The maximum Gasteiger partial charge on any atom is 0.407 e. The van der Waals surface area contributed by atoms with Crippen LogP contribution in [0, 0.1) is 0 Å². The van der Waals surface area contributed by atoms with Crippen LogP contribution in [0.5, 0.6) is 11.5 Å². The van der Waals surface area contributed by atoms with Gasteiger partial charge in [0.05, 0.1) is 13.7 Å². The number of hydrogen-bond donors (Lipinski definition) is 2. The van der Waals surface area contributed by atoms with E-state index in [-0.39, 0.29) is 18.4 Å². The molecule has 0 aromatic heterocycles. The number of piperidine rings is 1. The SMILES string of the molecule is CCCCCCOc1ccc(CN2CCC3(CC2)C(=O)N[C@@H](CCCCNC(=O)OCc2ccccc2)C(=O)N3CCC)cc1OC. The fraction of sp³-hybridized carbons (Fsp3) is 0.595. The number of benzene rings is 2. The highest BCUT2D eigenvalue weighted by atomic mass is 16.5. The van der Waals surface area contributed by atoms with Gasteiger partial charge >= 0.3 is 6.09 Å². The van der Waals surface area contributed by atoms with Crippen molar-refractivity contribution < 1.29 is 28.6 Å². The van der Waals surface area contributed by atoms with Crippen molar-refractivity contribution in [2.24, 2.45) is 0 Å². The predicted octanol–water partition coefficient (Wildman–Crippen LogP) is 5.82. The second-order valence-corrected chi connectivity index (χ2v) is 12.7. The number of hydrogen-bond acceptors (Lipinski definition) is 7. The number of piperazine rings is 1. The summed E-state index contributed by atoms with van der Waals surface area (Å²) in [7, 11) is 1.67. The number of nitrogens with zero attached hydrogens (tertiary/aromatic N) is 2. The van der Waals surface area contributed by atoms with Crippen molar-refractivity contribution in [3.8, 4) is 11.5 Å². The van der Waals surface area contributed by atoms with Gasteiger partial charge in [-0.2, -0.15) is 0 Å². The largest absolute Gasteiger partial charge is 0.493 e. The number of carbonyl (C=O) groups excluding carboxylic acids is 3. The van der Waals surface area contributed by atoms with E-state index in [1.54, 1.807) is 7.11 Å². The summed E-state index contributed by atoms with van der Waals surface area (Å²) in [6.07, 6.45) is 8.07. The molecule has 258 valence electrons. The van der Waals surface area contributed by atoms with Gasteiger partial charge in [-0.15, -0.1) is 0 Å². The van der Waals surface area contributed by atoms with Crippen molar-refractivity contribution in [1.82, 2.24) is 20.4 Å². The summed E-state index contributed by atoms with van der Waals surface area (Å²) in [5, 5.41) is 5.84. The molecule has 0 bridgehead atoms. The molecule has 2 aliphatic heterocycles. The van der Waals surface area contributed by atoms with Crippen LogP contribution in [0.25, 0.3) is 0 Å². The van der Waals surface area contributed by atoms with Crippen LogP contribution in [0.15, 0.2) is 48.5 Å². The molecule has 10 heteroatoms. The summed E-state index contributed by atoms with van der Waals surface area (Å²) >= 11 is 0. The lowest BCUT2D eigenvalue weighted by Gasteiger charge is -2.51. The Morgan fingerprint density at radius 3 is 2.45 bits per heavy atom. The van der Waals surface area contributed by atoms with Gasteiger partial charge in [0.15, 0.2) is 11.5 Å². The third-order valence-corrected chi connectivity index (χ3v) is 9.23. The molecular formula is C37H54N4O6. The molecule has 2 fully saturated rings. The van der Waals surface area contributed by atoms with Gasteiger partial charge in [-0.3, -0.25) is 14.5 Å². The monoisotopic (exact) mass is 650 g/mol. The molecule has 0 unspecified atom stereocenters. The van der Waals surface area contributed by atoms with Crippen LogP contribution in [0.4, 0.5) is 4.79 Å². The number of rotatable bonds is 18. The van der Waals surface area contributed by atoms with Crippen LogP contribution in [0.3, 0.4) is 0 Å². The van der Waals surface area contributed by atoms with E-state index in [0.717, 1.165) is 55.1 Å². The molecule has 0 radical (unpaired) electrons. The van der Waals surface area contributed by atoms with Crippen molar-refractivity contribution in [3.05, 3.63) is 59.7 Å². The van der Waals surface area contributed by atoms with Crippen LogP contribution >= 0.6 is 0 Å². The second-order valence-electron chi connectivity index (χ2n) is 12.7. The Bertz CT molecular complexity index is 1280. The summed E-state index contributed by atoms with van der Waals surface area (Å²) < 4.78 is 16.9. The highest BCUT2D eigenvalue weighted by Gasteiger charge is 2.53. The fourth-order valence-electron chi connectivity index (χ4n) is 6.53. The third-order valence-electron chi connectivity index (χ3n) is 9.23. The number of carbonyl (C=O) groups is 3. The number of alkyl carbamates (subject to hydrolysis) is 1. The average Bonchev–Trinajstić information content (AvgIpc) is 3.09. The Morgan fingerprint density at radius 1 is 0.936 bits per heavy atom. The average molecular weight is 651 g/mol. The third kappa shape index (κ3) is 10.1. The zero-order chi connectivity index (χ0) is 33.5. The Kier molecular flexibility index (Phi) is 14.2. The van der Waals surface area contributed by atoms with Gasteiger partial charge in [-0.25, -0.2) is 4.79 Å². The molecule has 0 saturated carbocycles. The topological polar surface area (TPSA) is 109 Å². The van der Waals surface area contributed by atoms with Crippen LogP contribution in [0.1, 0.15) is 89.2 Å². The van der Waals surface area contributed by atoms with Gasteiger partial charge in [0, 0.05) is 32.7 Å². The van der Waals surface area contributed by atoms with Gasteiger partial charge in [-0.1, -0.05) is 69.5 Å². The number of methoxy groups -OCH3 is 1. The Labute approximate surface area is 280 Å². The Hall–Kier alpha value is -3.79. The van der Waals surface area contributed by atoms with Crippen LogP contribution in [-0.4, -0.2) is 79.2 Å². The van der Waals surface area contributed by atoms with Crippen LogP contribution in [0.2, 0.25) is 0 Å². The standard InChI is InChI=1S/C37H54N4O6/c1-4-6-7-13-25-46-32-18-17-30(26-33(32)45-3)27-40-23-19-37(20-24-40)35(43)39-31(34(42)41(37)22-5-2)16-11-12-21-38-36(44)47-28-29-14-9-8-10-15-29/h8-10,14-15,17-18,26,31H,4-7,11-13,16,19-25,27-28H2,1-3H3,(H,38,44)(H,39,43)/t31-/m0/s1. The van der Waals surface area contributed by atoms with Crippen LogP contribution in [-0.2, 0) is 27.5 Å². The first-order valence-corrected chi connectivity index (χ1v) is 17.5.